The maximum atomic E-state index is 14.6. The zero-order valence-corrected chi connectivity index (χ0v) is 19.4. The smallest absolute Gasteiger partial charge is 0.419 e. The van der Waals surface area contributed by atoms with Crippen LogP contribution in [0, 0.1) is 18.6 Å². The Balaban J connectivity index is 1.86. The van der Waals surface area contributed by atoms with Gasteiger partial charge in [0.15, 0.2) is 17.2 Å². The molecule has 2 atom stereocenters. The third kappa shape index (κ3) is 3.63. The zero-order valence-electron chi connectivity index (χ0n) is 18.6. The van der Waals surface area contributed by atoms with Gasteiger partial charge in [-0.25, -0.2) is 18.7 Å². The number of aliphatic hydroxyl groups is 1. The predicted molar refractivity (Wildman–Crippen MR) is 117 cm³/mol. The third-order valence-electron chi connectivity index (χ3n) is 6.20. The molecule has 2 heterocycles. The van der Waals surface area contributed by atoms with Crippen molar-refractivity contribution in [1.29, 1.82) is 0 Å². The van der Waals surface area contributed by atoms with Crippen LogP contribution in [0.3, 0.4) is 0 Å². The summed E-state index contributed by atoms with van der Waals surface area (Å²) in [6.07, 6.45) is -6.02. The van der Waals surface area contributed by atoms with E-state index in [2.05, 4.69) is 15.3 Å². The SMILES string of the molecule is COc1c(C(C)(C)CC(O)(C2Nc3nc(C)nc4c(F)ccc2c34)C(F)(F)F)ccc(Cl)c1F. The van der Waals surface area contributed by atoms with Gasteiger partial charge in [-0.15, -0.1) is 0 Å². The van der Waals surface area contributed by atoms with Crippen molar-refractivity contribution < 1.29 is 31.8 Å². The second kappa shape index (κ2) is 7.91. The Kier molecular flexibility index (Phi) is 5.68. The number of hydrogen-bond donors (Lipinski definition) is 2. The first-order valence-electron chi connectivity index (χ1n) is 10.3. The standard InChI is InChI=1S/C23H21ClF5N3O2/c1-10-30-17-14(25)8-5-11-15(17)20(31-10)32-19(11)22(33,23(27,28)29)9-21(2,3)12-6-7-13(24)16(26)18(12)34-4/h5-8,19,33H,9H2,1-4H3,(H,30,31,32). The third-order valence-corrected chi connectivity index (χ3v) is 6.49. The minimum absolute atomic E-state index is 0.00222. The van der Waals surface area contributed by atoms with Crippen molar-refractivity contribution in [3.8, 4) is 5.75 Å². The first kappa shape index (κ1) is 24.4. The molecule has 0 fully saturated rings. The Morgan fingerprint density at radius 2 is 1.79 bits per heavy atom. The summed E-state index contributed by atoms with van der Waals surface area (Å²) in [4.78, 5) is 8.13. The summed E-state index contributed by atoms with van der Waals surface area (Å²) in [6, 6.07) is 3.05. The Hall–Kier alpha value is -2.72. The van der Waals surface area contributed by atoms with Crippen molar-refractivity contribution in [2.24, 2.45) is 0 Å². The van der Waals surface area contributed by atoms with Crippen LogP contribution in [0.1, 0.15) is 43.3 Å². The molecule has 0 aliphatic carbocycles. The van der Waals surface area contributed by atoms with Gasteiger partial charge in [0.05, 0.1) is 23.6 Å². The van der Waals surface area contributed by atoms with E-state index in [0.717, 1.165) is 6.07 Å². The number of rotatable bonds is 5. The monoisotopic (exact) mass is 501 g/mol. The number of methoxy groups -OCH3 is 1. The van der Waals surface area contributed by atoms with E-state index in [-0.39, 0.29) is 44.4 Å². The van der Waals surface area contributed by atoms with Crippen molar-refractivity contribution >= 4 is 28.3 Å². The van der Waals surface area contributed by atoms with Crippen LogP contribution < -0.4 is 10.1 Å². The second-order valence-corrected chi connectivity index (χ2v) is 9.39. The molecule has 2 aromatic carbocycles. The summed E-state index contributed by atoms with van der Waals surface area (Å²) in [5, 5.41) is 13.8. The molecule has 2 unspecified atom stereocenters. The van der Waals surface area contributed by atoms with Gasteiger partial charge in [-0.2, -0.15) is 13.2 Å². The molecule has 0 bridgehead atoms. The van der Waals surface area contributed by atoms with Crippen molar-refractivity contribution in [3.05, 3.63) is 57.9 Å². The Morgan fingerprint density at radius 1 is 1.12 bits per heavy atom. The maximum absolute atomic E-state index is 14.6. The van der Waals surface area contributed by atoms with E-state index in [0.29, 0.717) is 0 Å². The van der Waals surface area contributed by atoms with Crippen LogP contribution in [0.4, 0.5) is 27.8 Å². The van der Waals surface area contributed by atoms with E-state index in [4.69, 9.17) is 16.3 Å². The molecule has 11 heteroatoms. The molecular weight excluding hydrogens is 481 g/mol. The molecule has 5 nitrogen and oxygen atoms in total. The Labute approximate surface area is 196 Å². The second-order valence-electron chi connectivity index (χ2n) is 8.98. The molecule has 182 valence electrons. The Morgan fingerprint density at radius 3 is 2.41 bits per heavy atom. The van der Waals surface area contributed by atoms with Gasteiger partial charge < -0.3 is 15.2 Å². The predicted octanol–water partition coefficient (Wildman–Crippen LogP) is 6.01. The van der Waals surface area contributed by atoms with Gasteiger partial charge >= 0.3 is 6.18 Å². The molecule has 34 heavy (non-hydrogen) atoms. The number of halogens is 6. The van der Waals surface area contributed by atoms with E-state index in [9.17, 15) is 27.1 Å². The number of nitrogens with zero attached hydrogens (tertiary/aromatic N) is 2. The topological polar surface area (TPSA) is 67.3 Å². The normalized spacial score (nSPS) is 17.6. The van der Waals surface area contributed by atoms with E-state index in [1.54, 1.807) is 0 Å². The summed E-state index contributed by atoms with van der Waals surface area (Å²) in [5.41, 5.74) is -4.85. The van der Waals surface area contributed by atoms with Gasteiger partial charge in [0.2, 0.25) is 0 Å². The average molecular weight is 502 g/mol. The van der Waals surface area contributed by atoms with Crippen molar-refractivity contribution in [2.75, 3.05) is 12.4 Å². The maximum Gasteiger partial charge on any atom is 0.419 e. The van der Waals surface area contributed by atoms with Crippen LogP contribution in [0.5, 0.6) is 5.75 Å². The average Bonchev–Trinajstić information content (AvgIpc) is 3.10. The molecule has 1 aromatic heterocycles. The lowest BCUT2D eigenvalue weighted by atomic mass is 9.71. The van der Waals surface area contributed by atoms with E-state index in [1.165, 1.54) is 46.1 Å². The van der Waals surface area contributed by atoms with Crippen LogP contribution >= 0.6 is 11.6 Å². The van der Waals surface area contributed by atoms with Crippen LogP contribution in [0.25, 0.3) is 10.9 Å². The number of benzene rings is 2. The van der Waals surface area contributed by atoms with Crippen LogP contribution in [0.15, 0.2) is 24.3 Å². The number of aromatic nitrogens is 2. The summed E-state index contributed by atoms with van der Waals surface area (Å²) < 4.78 is 77.8. The highest BCUT2D eigenvalue weighted by atomic mass is 35.5. The largest absolute Gasteiger partial charge is 0.493 e. The van der Waals surface area contributed by atoms with E-state index >= 15 is 0 Å². The fourth-order valence-electron chi connectivity index (χ4n) is 4.68. The molecule has 1 aliphatic rings. The molecule has 1 aliphatic heterocycles. The molecule has 4 rings (SSSR count). The van der Waals surface area contributed by atoms with Crippen molar-refractivity contribution in [1.82, 2.24) is 9.97 Å². The number of hydrogen-bond acceptors (Lipinski definition) is 5. The number of anilines is 1. The first-order chi connectivity index (χ1) is 15.7. The van der Waals surface area contributed by atoms with Gasteiger partial charge in [-0.1, -0.05) is 37.6 Å². The minimum Gasteiger partial charge on any atom is -0.493 e. The van der Waals surface area contributed by atoms with Gasteiger partial charge in [-0.3, -0.25) is 0 Å². The highest BCUT2D eigenvalue weighted by Gasteiger charge is 2.62. The van der Waals surface area contributed by atoms with E-state index < -0.39 is 41.3 Å². The number of aryl methyl sites for hydroxylation is 1. The molecule has 0 radical (unpaired) electrons. The molecule has 0 saturated carbocycles. The molecule has 0 amide bonds. The fraction of sp³-hybridized carbons (Fsp3) is 0.391. The lowest BCUT2D eigenvalue weighted by molar-refractivity contribution is -0.273. The lowest BCUT2D eigenvalue weighted by Crippen LogP contribution is -2.54. The quantitative estimate of drug-likeness (QED) is 0.419. The van der Waals surface area contributed by atoms with Gasteiger partial charge in [0.1, 0.15) is 23.0 Å². The van der Waals surface area contributed by atoms with Crippen molar-refractivity contribution in [2.45, 2.75) is 50.4 Å². The molecular formula is C23H21ClF5N3O2. The van der Waals surface area contributed by atoms with Crippen LogP contribution in [-0.4, -0.2) is 34.0 Å². The molecule has 2 N–H and O–H groups in total. The van der Waals surface area contributed by atoms with Crippen LogP contribution in [-0.2, 0) is 5.41 Å². The molecule has 3 aromatic rings. The highest BCUT2D eigenvalue weighted by Crippen LogP contribution is 2.53. The summed E-state index contributed by atoms with van der Waals surface area (Å²) in [7, 11) is 1.18. The molecule has 0 spiro atoms. The van der Waals surface area contributed by atoms with E-state index in [1.807, 2.05) is 0 Å². The lowest BCUT2D eigenvalue weighted by Gasteiger charge is -2.42. The first-order valence-corrected chi connectivity index (χ1v) is 10.6. The highest BCUT2D eigenvalue weighted by molar-refractivity contribution is 6.30. The van der Waals surface area contributed by atoms with Gasteiger partial charge in [0.25, 0.3) is 0 Å². The van der Waals surface area contributed by atoms with Gasteiger partial charge in [0, 0.05) is 5.56 Å². The van der Waals surface area contributed by atoms with Crippen LogP contribution in [0.2, 0.25) is 5.02 Å². The molecule has 0 saturated heterocycles. The number of nitrogens with one attached hydrogen (secondary N) is 1. The summed E-state index contributed by atoms with van der Waals surface area (Å²) in [5.74, 6) is -1.79. The van der Waals surface area contributed by atoms with Gasteiger partial charge in [-0.05, 0) is 36.5 Å². The minimum atomic E-state index is -5.13. The fourth-order valence-corrected chi connectivity index (χ4v) is 4.83. The van der Waals surface area contributed by atoms with Crippen molar-refractivity contribution in [3.63, 3.8) is 0 Å². The number of ether oxygens (including phenoxy) is 1. The Bertz CT molecular complexity index is 1300. The zero-order chi connectivity index (χ0) is 25.2. The summed E-state index contributed by atoms with van der Waals surface area (Å²) in [6.45, 7) is 4.35. The number of alkyl halides is 3. The summed E-state index contributed by atoms with van der Waals surface area (Å²) >= 11 is 5.81.